The van der Waals surface area contributed by atoms with Gasteiger partial charge in [0.05, 0.1) is 26.4 Å². The van der Waals surface area contributed by atoms with Crippen molar-refractivity contribution in [1.82, 2.24) is 0 Å². The maximum atomic E-state index is 10.2. The number of halogens is 3. The summed E-state index contributed by atoms with van der Waals surface area (Å²) in [6.07, 6.45) is 4.54. The second-order valence-corrected chi connectivity index (χ2v) is 26.7. The monoisotopic (exact) mass is 1670 g/mol. The van der Waals surface area contributed by atoms with Crippen LogP contribution in [0.3, 0.4) is 0 Å². The molecule has 2 atom stereocenters. The maximum Gasteiger partial charge on any atom is 2.00 e. The number of ether oxygens (including phenoxy) is 4. The molecule has 0 spiro atoms. The Kier molecular flexibility index (Phi) is 74.1. The number of aliphatic hydroxyl groups is 3. The first kappa shape index (κ1) is 109. The molecule has 15 nitrogen and oxygen atoms in total. The average Bonchev–Trinajstić information content (AvgIpc) is 1.46. The van der Waals surface area contributed by atoms with Crippen LogP contribution < -0.4 is 58.0 Å². The molecule has 0 saturated carbocycles. The molecular weight excluding hydrogens is 1560 g/mol. The van der Waals surface area contributed by atoms with Crippen molar-refractivity contribution in [1.29, 1.82) is 0 Å². The number of anilines is 2. The molecule has 2 aliphatic rings. The number of carbonyl (C=O) groups is 1. The first-order valence-electron chi connectivity index (χ1n) is 33.9. The second kappa shape index (κ2) is 70.8. The van der Waals surface area contributed by atoms with Gasteiger partial charge in [0.25, 0.3) is 0 Å². The van der Waals surface area contributed by atoms with Gasteiger partial charge in [0.15, 0.2) is 0 Å². The zero-order valence-corrected chi connectivity index (χ0v) is 74.1. The Balaban J connectivity index is -0.000000209. The zero-order chi connectivity index (χ0) is 74.9. The van der Waals surface area contributed by atoms with Crippen molar-refractivity contribution in [2.75, 3.05) is 57.7 Å². The van der Waals surface area contributed by atoms with Crippen LogP contribution in [0.25, 0.3) is 0 Å². The van der Waals surface area contributed by atoms with Crippen LogP contribution in [0.4, 0.5) is 11.4 Å². The SMILES string of the molecule is C1CCOC1.C1CCOC1.CC(C)c1c[c-]ccc1.CC(C)c1ccc(N)c(Br)c1.CC(C)c1ccc(N)cc1.CC(C)c1cccc(Br)c1.CC(C)c1cccc(C(O)CO)c1.CC(C)c1cccc(C(O)COCc2ccccc2)c1.O=CCOCc1ccccc1.O=N[O-].O=PO.[Br-].[H-].[H-].[Mg+2].[Mg+2].[Na+]. The van der Waals surface area contributed by atoms with Gasteiger partial charge in [0, 0.05) is 46.7 Å². The van der Waals surface area contributed by atoms with Crippen molar-refractivity contribution >= 4 is 104 Å². The third-order valence-corrected chi connectivity index (χ3v) is 15.8. The Morgan fingerprint density at radius 3 is 1.24 bits per heavy atom. The van der Waals surface area contributed by atoms with Gasteiger partial charge in [-0.05, 0) is 158 Å². The first-order chi connectivity index (χ1) is 47.9. The van der Waals surface area contributed by atoms with E-state index in [9.17, 15) is 15.0 Å². The summed E-state index contributed by atoms with van der Waals surface area (Å²) in [4.78, 5) is 24.9. The minimum atomic E-state index is -0.833. The summed E-state index contributed by atoms with van der Waals surface area (Å²) in [6.45, 7) is 31.3. The molecule has 0 radical (unpaired) electrons. The van der Waals surface area contributed by atoms with E-state index in [4.69, 9.17) is 55.1 Å². The van der Waals surface area contributed by atoms with E-state index in [0.717, 1.165) is 76.2 Å². The molecule has 560 valence electrons. The molecular formula is C82H114Br3Mg2N3NaO12P. The molecule has 8 aromatic carbocycles. The van der Waals surface area contributed by atoms with Crippen molar-refractivity contribution < 1.29 is 97.9 Å². The molecule has 10 rings (SSSR count). The normalized spacial score (nSPS) is 11.7. The quantitative estimate of drug-likeness (QED) is 0.00725. The van der Waals surface area contributed by atoms with Gasteiger partial charge in [-0.2, -0.15) is 35.9 Å². The Labute approximate surface area is 709 Å². The van der Waals surface area contributed by atoms with Gasteiger partial charge in [-0.25, -0.2) is 4.57 Å². The third-order valence-electron chi connectivity index (χ3n) is 14.6. The molecule has 0 aromatic heterocycles. The topological polar surface area (TPSA) is 257 Å². The predicted octanol–water partition coefficient (Wildman–Crippen LogP) is 14.5. The fraction of sp³-hybridized carbons (Fsp3) is 0.402. The minimum absolute atomic E-state index is 0. The number of carbonyl (C=O) groups excluding carboxylic acids is 1. The fourth-order valence-corrected chi connectivity index (χ4v) is 9.36. The van der Waals surface area contributed by atoms with Gasteiger partial charge in [0.1, 0.15) is 25.1 Å². The van der Waals surface area contributed by atoms with Gasteiger partial charge in [0.2, 0.25) is 0 Å². The molecule has 2 unspecified atom stereocenters. The van der Waals surface area contributed by atoms with Crippen LogP contribution >= 0.6 is 40.5 Å². The summed E-state index contributed by atoms with van der Waals surface area (Å²) in [6, 6.07) is 69.2. The Morgan fingerprint density at radius 2 is 0.904 bits per heavy atom. The first-order valence-corrected chi connectivity index (χ1v) is 36.3. The number of benzene rings is 8. The molecule has 0 bridgehead atoms. The fourth-order valence-electron chi connectivity index (χ4n) is 8.55. The van der Waals surface area contributed by atoms with Crippen LogP contribution in [0.5, 0.6) is 0 Å². The third kappa shape index (κ3) is 56.4. The van der Waals surface area contributed by atoms with Gasteiger partial charge in [-0.3, -0.25) is 0 Å². The zero-order valence-electron chi connectivity index (χ0n) is 65.6. The molecule has 0 aliphatic carbocycles. The number of nitrogens with zero attached hydrogens (tertiary/aromatic N) is 1. The van der Waals surface area contributed by atoms with Crippen molar-refractivity contribution in [3.05, 3.63) is 281 Å². The number of aldehydes is 1. The number of nitrogen functional groups attached to an aromatic ring is 2. The summed E-state index contributed by atoms with van der Waals surface area (Å²) in [5, 5.41) is 37.3. The molecule has 2 saturated heterocycles. The molecule has 104 heavy (non-hydrogen) atoms. The van der Waals surface area contributed by atoms with Gasteiger partial charge in [-0.15, -0.1) is 5.34 Å². The summed E-state index contributed by atoms with van der Waals surface area (Å²) < 4.78 is 31.1. The van der Waals surface area contributed by atoms with Crippen LogP contribution in [-0.4, -0.2) is 119 Å². The Bertz CT molecular complexity index is 3280. The largest absolute Gasteiger partial charge is 2.00 e. The van der Waals surface area contributed by atoms with Crippen molar-refractivity contribution in [2.45, 2.75) is 170 Å². The molecule has 2 aliphatic heterocycles. The van der Waals surface area contributed by atoms with E-state index in [2.05, 4.69) is 182 Å². The Hall–Kier alpha value is -3.82. The molecule has 8 N–H and O–H groups in total. The van der Waals surface area contributed by atoms with Gasteiger partial charge in [-0.1, -0.05) is 244 Å². The summed E-state index contributed by atoms with van der Waals surface area (Å²) in [5.41, 5.74) is 24.5. The summed E-state index contributed by atoms with van der Waals surface area (Å²) >= 11 is 6.82. The van der Waals surface area contributed by atoms with Gasteiger partial charge >= 0.3 is 84.3 Å². The van der Waals surface area contributed by atoms with Crippen LogP contribution in [-0.2, 0) is 41.5 Å². The standard InChI is InChI=1S/C18H22O2.C11H16O2.C9H12BrN.C9H11Br.C9H13N.C9H10O2.C9H11.2C4H8O.BrH.2Mg.HNO2.Na.HO2P.2H/c1-14(2)16-9-6-10-17(11-16)18(19)13-20-12-15-7-4-3-5-8-15;1-8(2)9-4-3-5-10(6-9)11(13)7-12;1-6(2)7-3-4-9(11)8(10)5-7;1-7(2)8-4-3-5-9(10)6-8;1-7(2)8-3-5-9(10)6-4-8;10-6-7-11-8-9-4-2-1-3-5-9;1-8(2)9-6-4-3-5-7-9;2*1-2-4-5-3-1;;;;2-1-3;;1-3-2;;/h3-11,14,18-19H,12-13H2,1-2H3;3-6,8,11-13H,7H2,1-2H3;3-6H,11H2,1-2H3;3-7H,1-2H3;3-7H,10H2,1-2H3;1-6H,7-8H2;3-4,6-8H,1-2H3;2*1-4H2;1H;;;(H,2,3);;(H,1,2);;/q;;;;;;-1;;;;2*+2;;+1;;2*-1/p-2. The van der Waals surface area contributed by atoms with E-state index in [1.807, 2.05) is 140 Å². The number of hydrogen-bond donors (Lipinski definition) is 6. The summed E-state index contributed by atoms with van der Waals surface area (Å²) in [7, 11) is -0.833. The number of nitrogens with two attached hydrogens (primary N) is 2. The molecule has 0 amide bonds. The minimum Gasteiger partial charge on any atom is -1.00 e. The van der Waals surface area contributed by atoms with E-state index in [-0.39, 0.29) is 109 Å². The summed E-state index contributed by atoms with van der Waals surface area (Å²) in [5.74, 6) is 3.32. The van der Waals surface area contributed by atoms with E-state index in [1.54, 1.807) is 0 Å². The second-order valence-electron chi connectivity index (χ2n) is 24.8. The van der Waals surface area contributed by atoms with Gasteiger partial charge < -0.3 is 85.4 Å². The van der Waals surface area contributed by atoms with Crippen LogP contribution in [0.2, 0.25) is 0 Å². The van der Waals surface area contributed by atoms with Crippen molar-refractivity contribution in [3.63, 3.8) is 0 Å². The van der Waals surface area contributed by atoms with E-state index >= 15 is 0 Å². The predicted molar refractivity (Wildman–Crippen MR) is 434 cm³/mol. The van der Waals surface area contributed by atoms with Crippen LogP contribution in [0, 0.1) is 16.2 Å². The number of aliphatic hydroxyl groups excluding tert-OH is 3. The maximum absolute atomic E-state index is 10.2. The van der Waals surface area contributed by atoms with Crippen molar-refractivity contribution in [2.24, 2.45) is 5.34 Å². The molecule has 2 heterocycles. The molecule has 22 heteroatoms. The number of hydrogen-bond acceptors (Lipinski definition) is 14. The molecule has 8 aromatic rings. The smallest absolute Gasteiger partial charge is 1.00 e. The Morgan fingerprint density at radius 1 is 0.538 bits per heavy atom. The average molecular weight is 1680 g/mol. The molecule has 2 fully saturated rings. The van der Waals surface area contributed by atoms with Crippen LogP contribution in [0.1, 0.15) is 215 Å². The van der Waals surface area contributed by atoms with Crippen molar-refractivity contribution in [3.8, 4) is 0 Å². The van der Waals surface area contributed by atoms with E-state index in [1.165, 1.54) is 63.5 Å². The van der Waals surface area contributed by atoms with Crippen LogP contribution in [0.15, 0.2) is 214 Å². The van der Waals surface area contributed by atoms with E-state index in [0.29, 0.717) is 55.3 Å². The number of rotatable bonds is 17. The van der Waals surface area contributed by atoms with E-state index < -0.39 is 20.9 Å².